The van der Waals surface area contributed by atoms with Crippen LogP contribution < -0.4 is 0 Å². The number of ether oxygens (including phenoxy) is 4. The van der Waals surface area contributed by atoms with Crippen LogP contribution in [-0.4, -0.2) is 96.7 Å². The van der Waals surface area contributed by atoms with E-state index < -0.39 is 97.5 Å². The van der Waals surface area contributed by atoms with Crippen LogP contribution in [0.25, 0.3) is 0 Å². The van der Waals surface area contributed by atoms with Gasteiger partial charge < -0.3 is 33.8 Å². The van der Waals surface area contributed by atoms with Gasteiger partial charge >= 0.3 is 39.5 Å². The van der Waals surface area contributed by atoms with Crippen LogP contribution >= 0.6 is 15.6 Å². The van der Waals surface area contributed by atoms with Gasteiger partial charge in [-0.2, -0.15) is 0 Å². The molecule has 0 aromatic heterocycles. The highest BCUT2D eigenvalue weighted by atomic mass is 31.2. The summed E-state index contributed by atoms with van der Waals surface area (Å²) in [4.78, 5) is 72.7. The van der Waals surface area contributed by atoms with Crippen molar-refractivity contribution < 1.29 is 80.2 Å². The van der Waals surface area contributed by atoms with E-state index in [1.807, 2.05) is 0 Å². The first kappa shape index (κ1) is 91.5. The van der Waals surface area contributed by atoms with E-state index in [0.717, 1.165) is 127 Å². The Morgan fingerprint density at radius 1 is 0.351 bits per heavy atom. The molecule has 6 atom stereocenters. The number of unbranched alkanes of at least 4 members (excludes halogenated alkanes) is 35. The summed E-state index contributed by atoms with van der Waals surface area (Å²) < 4.78 is 68.4. The minimum Gasteiger partial charge on any atom is -0.462 e. The van der Waals surface area contributed by atoms with Gasteiger partial charge in [0, 0.05) is 25.7 Å². The molecule has 3 unspecified atom stereocenters. The Hall–Kier alpha value is -2.46. The molecule has 3 N–H and O–H groups in total. The Morgan fingerprint density at radius 3 is 0.947 bits per heavy atom. The van der Waals surface area contributed by atoms with E-state index in [1.165, 1.54) is 148 Å². The van der Waals surface area contributed by atoms with Crippen molar-refractivity contribution in [1.29, 1.82) is 0 Å². The van der Waals surface area contributed by atoms with Crippen molar-refractivity contribution in [1.82, 2.24) is 0 Å². The average Bonchev–Trinajstić information content (AvgIpc) is 1.40. The molecule has 0 saturated heterocycles. The van der Waals surface area contributed by atoms with Gasteiger partial charge in [0.1, 0.15) is 19.3 Å². The third-order valence-corrected chi connectivity index (χ3v) is 19.0. The van der Waals surface area contributed by atoms with Gasteiger partial charge in [-0.15, -0.1) is 0 Å². The second-order valence-corrected chi connectivity index (χ2v) is 30.5. The van der Waals surface area contributed by atoms with Crippen molar-refractivity contribution in [2.24, 2.45) is 17.8 Å². The molecule has 0 bridgehead atoms. The summed E-state index contributed by atoms with van der Waals surface area (Å²) in [6.45, 7) is 11.8. The van der Waals surface area contributed by atoms with Crippen LogP contribution in [0.15, 0.2) is 24.3 Å². The highest BCUT2D eigenvalue weighted by Crippen LogP contribution is 2.45. The second-order valence-electron chi connectivity index (χ2n) is 27.5. The van der Waals surface area contributed by atoms with E-state index in [2.05, 4.69) is 72.8 Å². The number of hydrogen-bond donors (Lipinski definition) is 3. The van der Waals surface area contributed by atoms with E-state index in [1.54, 1.807) is 0 Å². The lowest BCUT2D eigenvalue weighted by atomic mass is 10.00. The summed E-state index contributed by atoms with van der Waals surface area (Å²) in [5, 5.41) is 10.6. The molecule has 0 aromatic rings. The molecular weight excluding hydrogens is 1230 g/mol. The molecule has 0 saturated carbocycles. The Morgan fingerprint density at radius 2 is 0.628 bits per heavy atom. The van der Waals surface area contributed by atoms with E-state index in [-0.39, 0.29) is 25.7 Å². The fourth-order valence-electron chi connectivity index (χ4n) is 10.9. The number of aliphatic hydroxyl groups is 1. The monoisotopic (exact) mass is 1380 g/mol. The standard InChI is InChI=1S/C75H142O17P2/c1-8-10-11-12-13-14-15-16-17-22-25-30-35-44-51-58-74(79)91-70(62-85-72(77)56-49-42-34-29-24-21-19-18-20-23-27-32-39-46-53-66(3)4)64-89-93(81,82)87-60-69(76)61-88-94(83,84)90-65-71(63-86-73(78)57-50-43-38-37-41-48-55-68(7)9-2)92-75(80)59-52-45-36-31-26-28-33-40-47-54-67(5)6/h14-17,66-71,76H,8-13,18-65H2,1-7H3,(H,81,82)(H,83,84)/b15-14-,17-16-/t68?,69-,70-,71-/m1/s1. The van der Waals surface area contributed by atoms with Gasteiger partial charge in [0.2, 0.25) is 0 Å². The van der Waals surface area contributed by atoms with Crippen molar-refractivity contribution >= 4 is 39.5 Å². The lowest BCUT2D eigenvalue weighted by molar-refractivity contribution is -0.161. The molecule has 0 spiro atoms. The minimum absolute atomic E-state index is 0.0848. The van der Waals surface area contributed by atoms with Gasteiger partial charge in [-0.1, -0.05) is 304 Å². The zero-order valence-electron chi connectivity index (χ0n) is 60.9. The van der Waals surface area contributed by atoms with Crippen LogP contribution in [-0.2, 0) is 65.4 Å². The highest BCUT2D eigenvalue weighted by molar-refractivity contribution is 7.47. The summed E-state index contributed by atoms with van der Waals surface area (Å²) in [5.41, 5.74) is 0. The van der Waals surface area contributed by atoms with Gasteiger partial charge in [-0.05, 0) is 69.1 Å². The SMILES string of the molecule is CCCCCC/C=C\C=C/CCCCCCCC(=O)O[C@H](COC(=O)CCCCCCCCCCCCCCCCC(C)C)COP(=O)(O)OC[C@@H](O)COP(=O)(O)OC[C@@H](COC(=O)CCCCCCCCC(C)CC)OC(=O)CCCCCCCCCCCC(C)C. The molecule has 17 nitrogen and oxygen atoms in total. The minimum atomic E-state index is -4.97. The fraction of sp³-hybridized carbons (Fsp3) is 0.893. The lowest BCUT2D eigenvalue weighted by Crippen LogP contribution is -2.30. The van der Waals surface area contributed by atoms with Crippen molar-refractivity contribution in [3.05, 3.63) is 24.3 Å². The number of carbonyl (C=O) groups is 4. The Bertz CT molecular complexity index is 1930. The summed E-state index contributed by atoms with van der Waals surface area (Å²) in [5.74, 6) is 0.109. The molecule has 19 heteroatoms. The number of allylic oxidation sites excluding steroid dienone is 4. The zero-order chi connectivity index (χ0) is 69.4. The summed E-state index contributed by atoms with van der Waals surface area (Å²) in [6.07, 6.45) is 53.6. The molecule has 0 heterocycles. The van der Waals surface area contributed by atoms with Crippen LogP contribution in [0.2, 0.25) is 0 Å². The van der Waals surface area contributed by atoms with Crippen LogP contribution in [0.4, 0.5) is 0 Å². The van der Waals surface area contributed by atoms with Gasteiger partial charge in [0.05, 0.1) is 26.4 Å². The first-order chi connectivity index (χ1) is 45.3. The van der Waals surface area contributed by atoms with Crippen LogP contribution in [0.3, 0.4) is 0 Å². The number of phosphoric ester groups is 2. The molecule has 0 amide bonds. The van der Waals surface area contributed by atoms with Gasteiger partial charge in [-0.3, -0.25) is 37.3 Å². The Kier molecular flexibility index (Phi) is 63.5. The van der Waals surface area contributed by atoms with E-state index in [4.69, 9.17) is 37.0 Å². The number of hydrogen-bond acceptors (Lipinski definition) is 15. The Labute approximate surface area is 573 Å². The van der Waals surface area contributed by atoms with Gasteiger partial charge in [0.15, 0.2) is 12.2 Å². The van der Waals surface area contributed by atoms with E-state index >= 15 is 0 Å². The fourth-order valence-corrected chi connectivity index (χ4v) is 12.4. The predicted molar refractivity (Wildman–Crippen MR) is 381 cm³/mol. The molecule has 0 fully saturated rings. The molecule has 554 valence electrons. The van der Waals surface area contributed by atoms with E-state index in [0.29, 0.717) is 25.7 Å². The molecule has 0 aliphatic heterocycles. The summed E-state index contributed by atoms with van der Waals surface area (Å²) in [7, 11) is -9.92. The van der Waals surface area contributed by atoms with Crippen LogP contribution in [0, 0.1) is 17.8 Å². The maximum atomic E-state index is 13.1. The molecule has 0 aliphatic rings. The number of phosphoric acid groups is 2. The number of rotatable bonds is 71. The van der Waals surface area contributed by atoms with Crippen LogP contribution in [0.1, 0.15) is 357 Å². The second kappa shape index (κ2) is 65.2. The van der Waals surface area contributed by atoms with Crippen molar-refractivity contribution in [3.8, 4) is 0 Å². The smallest absolute Gasteiger partial charge is 0.462 e. The molecular formula is C75H142O17P2. The molecule has 0 aromatic carbocycles. The van der Waals surface area contributed by atoms with Crippen LogP contribution in [0.5, 0.6) is 0 Å². The number of carbonyl (C=O) groups excluding carboxylic acids is 4. The zero-order valence-corrected chi connectivity index (χ0v) is 62.7. The highest BCUT2D eigenvalue weighted by Gasteiger charge is 2.30. The first-order valence-electron chi connectivity index (χ1n) is 38.2. The third-order valence-electron chi connectivity index (χ3n) is 17.1. The first-order valence-corrected chi connectivity index (χ1v) is 41.2. The quantitative estimate of drug-likeness (QED) is 0.0169. The maximum absolute atomic E-state index is 13.1. The van der Waals surface area contributed by atoms with E-state index in [9.17, 15) is 43.2 Å². The van der Waals surface area contributed by atoms with Gasteiger partial charge in [-0.25, -0.2) is 9.13 Å². The Balaban J connectivity index is 5.28. The maximum Gasteiger partial charge on any atom is 0.472 e. The lowest BCUT2D eigenvalue weighted by Gasteiger charge is -2.21. The molecule has 0 rings (SSSR count). The normalized spacial score (nSPS) is 14.6. The topological polar surface area (TPSA) is 237 Å². The van der Waals surface area contributed by atoms with Crippen molar-refractivity contribution in [2.75, 3.05) is 39.6 Å². The third kappa shape index (κ3) is 66.8. The molecule has 0 aliphatic carbocycles. The van der Waals surface area contributed by atoms with Crippen molar-refractivity contribution in [2.45, 2.75) is 375 Å². The largest absolute Gasteiger partial charge is 0.472 e. The summed E-state index contributed by atoms with van der Waals surface area (Å²) >= 11 is 0. The predicted octanol–water partition coefficient (Wildman–Crippen LogP) is 21.3. The van der Waals surface area contributed by atoms with Crippen molar-refractivity contribution in [3.63, 3.8) is 0 Å². The number of esters is 4. The molecule has 94 heavy (non-hydrogen) atoms. The summed E-state index contributed by atoms with van der Waals surface area (Å²) in [6, 6.07) is 0. The average molecular weight is 1380 g/mol. The molecule has 0 radical (unpaired) electrons. The number of aliphatic hydroxyl groups excluding tert-OH is 1. The van der Waals surface area contributed by atoms with Gasteiger partial charge in [0.25, 0.3) is 0 Å².